The van der Waals surface area contributed by atoms with Crippen LogP contribution in [0.5, 0.6) is 0 Å². The molecule has 0 atom stereocenters. The van der Waals surface area contributed by atoms with Crippen LogP contribution in [0.25, 0.3) is 11.0 Å². The Labute approximate surface area is 112 Å². The molecule has 0 unspecified atom stereocenters. The summed E-state index contributed by atoms with van der Waals surface area (Å²) in [7, 11) is 2.02. The zero-order valence-electron chi connectivity index (χ0n) is 11.3. The zero-order chi connectivity index (χ0) is 13.3. The van der Waals surface area contributed by atoms with E-state index in [1.54, 1.807) is 6.07 Å². The fourth-order valence-corrected chi connectivity index (χ4v) is 3.20. The van der Waals surface area contributed by atoms with Crippen molar-refractivity contribution < 1.29 is 4.39 Å². The molecule has 102 valence electrons. The van der Waals surface area contributed by atoms with E-state index in [1.165, 1.54) is 38.2 Å². The van der Waals surface area contributed by atoms with Gasteiger partial charge in [-0.05, 0) is 32.0 Å². The minimum Gasteiger partial charge on any atom is -0.342 e. The van der Waals surface area contributed by atoms with Crippen LogP contribution in [0.15, 0.2) is 18.2 Å². The van der Waals surface area contributed by atoms with E-state index in [1.807, 2.05) is 13.1 Å². The topological polar surface area (TPSA) is 40.7 Å². The second kappa shape index (κ2) is 4.93. The van der Waals surface area contributed by atoms with Crippen LogP contribution in [0, 0.1) is 5.82 Å². The highest BCUT2D eigenvalue weighted by atomic mass is 19.1. The molecule has 1 aromatic carbocycles. The monoisotopic (exact) mass is 261 g/mol. The van der Waals surface area contributed by atoms with Crippen LogP contribution in [0.1, 0.15) is 37.9 Å². The van der Waals surface area contributed by atoms with Crippen LogP contribution in [0.2, 0.25) is 0 Å². The molecule has 19 heavy (non-hydrogen) atoms. The lowest BCUT2D eigenvalue weighted by Crippen LogP contribution is -2.46. The van der Waals surface area contributed by atoms with E-state index in [0.29, 0.717) is 5.52 Å². The van der Waals surface area contributed by atoms with Gasteiger partial charge < -0.3 is 10.3 Å². The molecule has 4 heteroatoms. The molecule has 1 heterocycles. The number of halogens is 1. The number of nitrogens with zero attached hydrogens (tertiary/aromatic N) is 1. The summed E-state index contributed by atoms with van der Waals surface area (Å²) in [5.74, 6) is 0.638. The minimum atomic E-state index is -0.248. The Balaban J connectivity index is 1.89. The number of aromatic amines is 1. The van der Waals surface area contributed by atoms with Crippen LogP contribution in [0.3, 0.4) is 0 Å². The van der Waals surface area contributed by atoms with E-state index >= 15 is 0 Å². The molecule has 0 bridgehead atoms. The van der Waals surface area contributed by atoms with Gasteiger partial charge >= 0.3 is 0 Å². The van der Waals surface area contributed by atoms with Crippen molar-refractivity contribution in [1.29, 1.82) is 0 Å². The van der Waals surface area contributed by atoms with Crippen LogP contribution < -0.4 is 5.32 Å². The van der Waals surface area contributed by atoms with E-state index < -0.39 is 0 Å². The molecule has 3 rings (SSSR count). The molecule has 0 saturated heterocycles. The first-order valence-electron chi connectivity index (χ1n) is 7.04. The van der Waals surface area contributed by atoms with Crippen LogP contribution in [-0.4, -0.2) is 22.6 Å². The number of rotatable bonds is 3. The summed E-state index contributed by atoms with van der Waals surface area (Å²) >= 11 is 0. The van der Waals surface area contributed by atoms with E-state index in [-0.39, 0.29) is 11.4 Å². The summed E-state index contributed by atoms with van der Waals surface area (Å²) in [4.78, 5) is 7.68. The van der Waals surface area contributed by atoms with Gasteiger partial charge in [0.25, 0.3) is 0 Å². The van der Waals surface area contributed by atoms with Crippen molar-refractivity contribution in [2.75, 3.05) is 7.05 Å². The van der Waals surface area contributed by atoms with E-state index in [4.69, 9.17) is 0 Å². The molecule has 0 spiro atoms. The fraction of sp³-hybridized carbons (Fsp3) is 0.533. The van der Waals surface area contributed by atoms with Crippen molar-refractivity contribution in [2.24, 2.45) is 0 Å². The second-order valence-corrected chi connectivity index (χ2v) is 5.59. The first-order chi connectivity index (χ1) is 9.22. The third kappa shape index (κ3) is 2.37. The predicted octanol–water partition coefficient (Wildman–Crippen LogP) is 3.17. The van der Waals surface area contributed by atoms with Gasteiger partial charge in [0.1, 0.15) is 11.3 Å². The van der Waals surface area contributed by atoms with Gasteiger partial charge in [-0.25, -0.2) is 9.37 Å². The zero-order valence-corrected chi connectivity index (χ0v) is 11.3. The molecule has 3 nitrogen and oxygen atoms in total. The maximum Gasteiger partial charge on any atom is 0.151 e. The fourth-order valence-electron chi connectivity index (χ4n) is 3.20. The van der Waals surface area contributed by atoms with Gasteiger partial charge in [-0.3, -0.25) is 0 Å². The lowest BCUT2D eigenvalue weighted by molar-refractivity contribution is 0.241. The normalized spacial score (nSPS) is 18.8. The number of nitrogens with one attached hydrogen (secondary N) is 2. The third-order valence-corrected chi connectivity index (χ3v) is 4.36. The molecule has 0 radical (unpaired) electrons. The smallest absolute Gasteiger partial charge is 0.151 e. The Hall–Kier alpha value is -1.42. The molecule has 0 aliphatic heterocycles. The molecule has 2 N–H and O–H groups in total. The van der Waals surface area contributed by atoms with Gasteiger partial charge in [0, 0.05) is 12.0 Å². The van der Waals surface area contributed by atoms with Gasteiger partial charge in [0.05, 0.1) is 5.52 Å². The van der Waals surface area contributed by atoms with Crippen LogP contribution >= 0.6 is 0 Å². The Kier molecular flexibility index (Phi) is 3.27. The molecule has 1 saturated carbocycles. The number of aromatic nitrogens is 2. The van der Waals surface area contributed by atoms with Crippen molar-refractivity contribution in [3.05, 3.63) is 29.8 Å². The standard InChI is InChI=1S/C15H20FN3/c1-17-15(8-3-2-4-9-15)10-13-18-12-7-5-6-11(16)14(12)19-13/h5-7,17H,2-4,8-10H2,1H3,(H,18,19). The Morgan fingerprint density at radius 1 is 1.32 bits per heavy atom. The third-order valence-electron chi connectivity index (χ3n) is 4.36. The molecule has 0 amide bonds. The first kappa shape index (κ1) is 12.6. The molecule has 2 aromatic rings. The number of imidazole rings is 1. The van der Waals surface area contributed by atoms with Crippen LogP contribution in [0.4, 0.5) is 4.39 Å². The summed E-state index contributed by atoms with van der Waals surface area (Å²) < 4.78 is 13.7. The molecule has 1 aromatic heterocycles. The van der Waals surface area contributed by atoms with Gasteiger partial charge in [-0.2, -0.15) is 0 Å². The van der Waals surface area contributed by atoms with Crippen molar-refractivity contribution in [3.63, 3.8) is 0 Å². The van der Waals surface area contributed by atoms with Crippen molar-refractivity contribution in [3.8, 4) is 0 Å². The molecular weight excluding hydrogens is 241 g/mol. The van der Waals surface area contributed by atoms with Crippen molar-refractivity contribution >= 4 is 11.0 Å². The van der Waals surface area contributed by atoms with Crippen LogP contribution in [-0.2, 0) is 6.42 Å². The quantitative estimate of drug-likeness (QED) is 0.891. The summed E-state index contributed by atoms with van der Waals surface area (Å²) in [6, 6.07) is 5.05. The van der Waals surface area contributed by atoms with E-state index in [2.05, 4.69) is 15.3 Å². The lowest BCUT2D eigenvalue weighted by atomic mass is 9.79. The summed E-state index contributed by atoms with van der Waals surface area (Å²) in [5, 5.41) is 3.47. The maximum atomic E-state index is 13.7. The average molecular weight is 261 g/mol. The largest absolute Gasteiger partial charge is 0.342 e. The van der Waals surface area contributed by atoms with E-state index in [9.17, 15) is 4.39 Å². The van der Waals surface area contributed by atoms with Gasteiger partial charge in [0.15, 0.2) is 5.82 Å². The maximum absolute atomic E-state index is 13.7. The average Bonchev–Trinajstić information content (AvgIpc) is 2.83. The summed E-state index contributed by atoms with van der Waals surface area (Å²) in [6.45, 7) is 0. The second-order valence-electron chi connectivity index (χ2n) is 5.59. The number of para-hydroxylation sites is 1. The highest BCUT2D eigenvalue weighted by Crippen LogP contribution is 2.31. The lowest BCUT2D eigenvalue weighted by Gasteiger charge is -2.36. The number of H-pyrrole nitrogens is 1. The number of hydrogen-bond donors (Lipinski definition) is 2. The van der Waals surface area contributed by atoms with Gasteiger partial charge in [0.2, 0.25) is 0 Å². The predicted molar refractivity (Wildman–Crippen MR) is 74.6 cm³/mol. The molecular formula is C15H20FN3. The highest BCUT2D eigenvalue weighted by molar-refractivity contribution is 5.75. The Morgan fingerprint density at radius 3 is 2.79 bits per heavy atom. The highest BCUT2D eigenvalue weighted by Gasteiger charge is 2.31. The van der Waals surface area contributed by atoms with Crippen molar-refractivity contribution in [2.45, 2.75) is 44.1 Å². The SMILES string of the molecule is CNC1(Cc2nc3c(F)cccc3[nH]2)CCCCC1. The summed E-state index contributed by atoms with van der Waals surface area (Å²) in [6.07, 6.45) is 7.02. The first-order valence-corrected chi connectivity index (χ1v) is 7.04. The molecule has 1 aliphatic carbocycles. The number of benzene rings is 1. The molecule has 1 fully saturated rings. The molecule has 1 aliphatic rings. The Morgan fingerprint density at radius 2 is 2.11 bits per heavy atom. The minimum absolute atomic E-state index is 0.128. The Bertz CT molecular complexity index is 570. The summed E-state index contributed by atoms with van der Waals surface area (Å²) in [5.41, 5.74) is 1.37. The number of likely N-dealkylation sites (N-methyl/N-ethyl adjacent to an activating group) is 1. The van der Waals surface area contributed by atoms with E-state index in [0.717, 1.165) is 17.8 Å². The van der Waals surface area contributed by atoms with Gasteiger partial charge in [-0.15, -0.1) is 0 Å². The van der Waals surface area contributed by atoms with Gasteiger partial charge in [-0.1, -0.05) is 25.3 Å². The number of hydrogen-bond acceptors (Lipinski definition) is 2. The number of fused-ring (bicyclic) bond motifs is 1. The van der Waals surface area contributed by atoms with Crippen molar-refractivity contribution in [1.82, 2.24) is 15.3 Å².